The largest absolute Gasteiger partial charge is 0.487 e. The number of pyridine rings is 1. The molecule has 0 bridgehead atoms. The SMILES string of the molecule is O=C(O)C=Cc1ccc(OCc2ccc(Br)cc2F)cn1. The van der Waals surface area contributed by atoms with Gasteiger partial charge in [0.1, 0.15) is 18.2 Å². The third kappa shape index (κ3) is 4.68. The van der Waals surface area contributed by atoms with E-state index in [0.29, 0.717) is 21.5 Å². The van der Waals surface area contributed by atoms with Gasteiger partial charge in [0.15, 0.2) is 0 Å². The van der Waals surface area contributed by atoms with Gasteiger partial charge in [-0.25, -0.2) is 9.18 Å². The Morgan fingerprint density at radius 2 is 2.19 bits per heavy atom. The van der Waals surface area contributed by atoms with E-state index < -0.39 is 5.97 Å². The van der Waals surface area contributed by atoms with Gasteiger partial charge < -0.3 is 9.84 Å². The summed E-state index contributed by atoms with van der Waals surface area (Å²) in [6.45, 7) is 0.0884. The average molecular weight is 352 g/mol. The van der Waals surface area contributed by atoms with Crippen molar-refractivity contribution in [2.24, 2.45) is 0 Å². The van der Waals surface area contributed by atoms with Crippen molar-refractivity contribution in [1.29, 1.82) is 0 Å². The number of aliphatic carboxylic acids is 1. The molecule has 0 radical (unpaired) electrons. The van der Waals surface area contributed by atoms with Crippen LogP contribution >= 0.6 is 15.9 Å². The zero-order valence-corrected chi connectivity index (χ0v) is 12.4. The number of nitrogens with zero attached hydrogens (tertiary/aromatic N) is 1. The zero-order valence-electron chi connectivity index (χ0n) is 10.8. The summed E-state index contributed by atoms with van der Waals surface area (Å²) >= 11 is 3.19. The number of aromatic nitrogens is 1. The lowest BCUT2D eigenvalue weighted by atomic mass is 10.2. The van der Waals surface area contributed by atoms with Gasteiger partial charge in [-0.15, -0.1) is 0 Å². The fraction of sp³-hybridized carbons (Fsp3) is 0.0667. The van der Waals surface area contributed by atoms with Crippen molar-refractivity contribution in [1.82, 2.24) is 4.98 Å². The molecule has 2 rings (SSSR count). The standard InChI is InChI=1S/C15H11BrFNO3/c16-11-2-1-10(14(17)7-11)9-21-13-5-3-12(18-8-13)4-6-15(19)20/h1-8H,9H2,(H,19,20). The number of carbonyl (C=O) groups is 1. The summed E-state index contributed by atoms with van der Waals surface area (Å²) < 4.78 is 19.7. The van der Waals surface area contributed by atoms with E-state index in [1.807, 2.05) is 0 Å². The quantitative estimate of drug-likeness (QED) is 0.835. The number of halogens is 2. The highest BCUT2D eigenvalue weighted by Crippen LogP contribution is 2.18. The van der Waals surface area contributed by atoms with Gasteiger partial charge >= 0.3 is 5.97 Å². The lowest BCUT2D eigenvalue weighted by molar-refractivity contribution is -0.131. The molecule has 1 aromatic heterocycles. The van der Waals surface area contributed by atoms with Gasteiger partial charge in [-0.1, -0.05) is 22.0 Å². The first-order chi connectivity index (χ1) is 10.0. The van der Waals surface area contributed by atoms with Crippen LogP contribution in [0.4, 0.5) is 4.39 Å². The summed E-state index contributed by atoms with van der Waals surface area (Å²) in [6, 6.07) is 8.01. The number of carboxylic acid groups (broad SMARTS) is 1. The third-order valence-electron chi connectivity index (χ3n) is 2.57. The molecule has 2 aromatic rings. The van der Waals surface area contributed by atoms with Gasteiger partial charge in [-0.2, -0.15) is 0 Å². The van der Waals surface area contributed by atoms with Crippen molar-refractivity contribution < 1.29 is 19.0 Å². The summed E-state index contributed by atoms with van der Waals surface area (Å²) in [5.74, 6) is -0.911. The first-order valence-electron chi connectivity index (χ1n) is 5.98. The Labute approximate surface area is 129 Å². The maximum Gasteiger partial charge on any atom is 0.328 e. The Balaban J connectivity index is 1.99. The average Bonchev–Trinajstić information content (AvgIpc) is 2.45. The molecule has 1 aromatic carbocycles. The van der Waals surface area contributed by atoms with Crippen molar-refractivity contribution in [3.05, 3.63) is 64.2 Å². The lowest BCUT2D eigenvalue weighted by Crippen LogP contribution is -1.99. The number of benzene rings is 1. The molecule has 0 saturated carbocycles. The molecule has 6 heteroatoms. The smallest absolute Gasteiger partial charge is 0.328 e. The van der Waals surface area contributed by atoms with Crippen molar-refractivity contribution in [3.63, 3.8) is 0 Å². The number of hydrogen-bond acceptors (Lipinski definition) is 3. The van der Waals surface area contributed by atoms with Crippen LogP contribution in [0.2, 0.25) is 0 Å². The maximum atomic E-state index is 13.6. The predicted molar refractivity (Wildman–Crippen MR) is 79.3 cm³/mol. The third-order valence-corrected chi connectivity index (χ3v) is 3.06. The fourth-order valence-electron chi connectivity index (χ4n) is 1.53. The molecule has 0 saturated heterocycles. The van der Waals surface area contributed by atoms with Crippen LogP contribution in [0.15, 0.2) is 47.1 Å². The molecule has 1 N–H and O–H groups in total. The zero-order chi connectivity index (χ0) is 15.2. The second kappa shape index (κ2) is 6.99. The van der Waals surface area contributed by atoms with Crippen molar-refractivity contribution in [3.8, 4) is 5.75 Å². The molecule has 1 heterocycles. The minimum absolute atomic E-state index is 0.0884. The normalized spacial score (nSPS) is 10.8. The minimum atomic E-state index is -1.04. The van der Waals surface area contributed by atoms with E-state index >= 15 is 0 Å². The van der Waals surface area contributed by atoms with Crippen molar-refractivity contribution >= 4 is 28.0 Å². The molecule has 0 amide bonds. The van der Waals surface area contributed by atoms with Crippen LogP contribution in [0.3, 0.4) is 0 Å². The van der Waals surface area contributed by atoms with Gasteiger partial charge in [-0.05, 0) is 30.3 Å². The molecular formula is C15H11BrFNO3. The highest BCUT2D eigenvalue weighted by atomic mass is 79.9. The molecule has 0 aliphatic rings. The maximum absolute atomic E-state index is 13.6. The van der Waals surface area contributed by atoms with Crippen LogP contribution in [0.5, 0.6) is 5.75 Å². The molecule has 21 heavy (non-hydrogen) atoms. The first-order valence-corrected chi connectivity index (χ1v) is 6.77. The summed E-state index contributed by atoms with van der Waals surface area (Å²) in [6.07, 6.45) is 3.83. The number of hydrogen-bond donors (Lipinski definition) is 1. The van der Waals surface area contributed by atoms with Crippen LogP contribution in [0, 0.1) is 5.82 Å². The topological polar surface area (TPSA) is 59.4 Å². The second-order valence-corrected chi connectivity index (χ2v) is 5.03. The minimum Gasteiger partial charge on any atom is -0.487 e. The number of rotatable bonds is 5. The van der Waals surface area contributed by atoms with Crippen LogP contribution in [0.25, 0.3) is 6.08 Å². The van der Waals surface area contributed by atoms with E-state index in [4.69, 9.17) is 9.84 Å². The van der Waals surface area contributed by atoms with E-state index in [1.165, 1.54) is 18.3 Å². The molecular weight excluding hydrogens is 341 g/mol. The molecule has 0 fully saturated rings. The van der Waals surface area contributed by atoms with E-state index in [-0.39, 0.29) is 12.4 Å². The molecule has 0 aliphatic heterocycles. The first kappa shape index (κ1) is 15.2. The highest BCUT2D eigenvalue weighted by molar-refractivity contribution is 9.10. The molecule has 0 spiro atoms. The van der Waals surface area contributed by atoms with E-state index in [1.54, 1.807) is 24.3 Å². The van der Waals surface area contributed by atoms with Crippen LogP contribution < -0.4 is 4.74 Å². The van der Waals surface area contributed by atoms with Crippen LogP contribution in [0.1, 0.15) is 11.3 Å². The van der Waals surface area contributed by atoms with E-state index in [0.717, 1.165) is 6.08 Å². The Morgan fingerprint density at radius 1 is 1.38 bits per heavy atom. The van der Waals surface area contributed by atoms with Gasteiger partial charge in [0.2, 0.25) is 0 Å². The van der Waals surface area contributed by atoms with E-state index in [9.17, 15) is 9.18 Å². The Morgan fingerprint density at radius 3 is 2.81 bits per heavy atom. The summed E-state index contributed by atoms with van der Waals surface area (Å²) in [5.41, 5.74) is 0.938. The number of carboxylic acids is 1. The molecule has 0 aliphatic carbocycles. The van der Waals surface area contributed by atoms with Crippen LogP contribution in [-0.4, -0.2) is 16.1 Å². The van der Waals surface area contributed by atoms with Gasteiger partial charge in [0.05, 0.1) is 11.9 Å². The lowest BCUT2D eigenvalue weighted by Gasteiger charge is -2.07. The van der Waals surface area contributed by atoms with Crippen molar-refractivity contribution in [2.75, 3.05) is 0 Å². The second-order valence-electron chi connectivity index (χ2n) is 4.11. The summed E-state index contributed by atoms with van der Waals surface area (Å²) in [7, 11) is 0. The van der Waals surface area contributed by atoms with Crippen LogP contribution in [-0.2, 0) is 11.4 Å². The predicted octanol–water partition coefficient (Wildman–Crippen LogP) is 3.66. The fourth-order valence-corrected chi connectivity index (χ4v) is 1.87. The molecule has 4 nitrogen and oxygen atoms in total. The van der Waals surface area contributed by atoms with Crippen molar-refractivity contribution in [2.45, 2.75) is 6.61 Å². The van der Waals surface area contributed by atoms with Gasteiger partial charge in [0.25, 0.3) is 0 Å². The highest BCUT2D eigenvalue weighted by Gasteiger charge is 2.04. The Bertz CT molecular complexity index is 671. The number of ether oxygens (including phenoxy) is 1. The molecule has 108 valence electrons. The van der Waals surface area contributed by atoms with Gasteiger partial charge in [-0.3, -0.25) is 4.98 Å². The monoisotopic (exact) mass is 351 g/mol. The summed E-state index contributed by atoms with van der Waals surface area (Å²) in [5, 5.41) is 8.51. The molecule has 0 atom stereocenters. The Hall–Kier alpha value is -2.21. The van der Waals surface area contributed by atoms with E-state index in [2.05, 4.69) is 20.9 Å². The summed E-state index contributed by atoms with van der Waals surface area (Å²) in [4.78, 5) is 14.4. The Kier molecular flexibility index (Phi) is 5.05. The molecule has 0 unspecified atom stereocenters. The van der Waals surface area contributed by atoms with Gasteiger partial charge in [0, 0.05) is 16.1 Å².